The van der Waals surface area contributed by atoms with E-state index in [1.165, 1.54) is 4.88 Å². The lowest BCUT2D eigenvalue weighted by molar-refractivity contribution is 0.423. The van der Waals surface area contributed by atoms with E-state index < -0.39 is 0 Å². The maximum absolute atomic E-state index is 5.89. The molecule has 2 aromatic heterocycles. The van der Waals surface area contributed by atoms with E-state index in [-0.39, 0.29) is 0 Å². The Kier molecular flexibility index (Phi) is 2.73. The summed E-state index contributed by atoms with van der Waals surface area (Å²) in [6.07, 6.45) is 1.75. The Morgan fingerprint density at radius 3 is 2.73 bits per heavy atom. The van der Waals surface area contributed by atoms with Crippen molar-refractivity contribution in [2.75, 3.05) is 5.73 Å². The maximum atomic E-state index is 5.89. The monoisotopic (exact) mass is 223 g/mol. The Bertz CT molecular complexity index is 461. The molecule has 80 valence electrons. The van der Waals surface area contributed by atoms with E-state index in [0.29, 0.717) is 11.7 Å². The molecular weight excluding hydrogens is 210 g/mol. The lowest BCUT2D eigenvalue weighted by Gasteiger charge is -1.88. The van der Waals surface area contributed by atoms with Crippen LogP contribution >= 0.6 is 11.3 Å². The molecule has 5 heteroatoms. The van der Waals surface area contributed by atoms with E-state index >= 15 is 0 Å². The third kappa shape index (κ3) is 1.87. The van der Waals surface area contributed by atoms with Gasteiger partial charge in [-0.3, -0.25) is 0 Å². The molecule has 0 aromatic carbocycles. The minimum atomic E-state index is 0.528. The van der Waals surface area contributed by atoms with Gasteiger partial charge in [0.15, 0.2) is 5.82 Å². The molecule has 0 spiro atoms. The normalized spacial score (nSPS) is 10.8. The number of hydrogen-bond acceptors (Lipinski definition) is 5. The predicted octanol–water partition coefficient (Wildman–Crippen LogP) is 2.51. The van der Waals surface area contributed by atoms with Crippen LogP contribution in [0.15, 0.2) is 10.6 Å². The van der Waals surface area contributed by atoms with Crippen LogP contribution in [0.5, 0.6) is 0 Å². The van der Waals surface area contributed by atoms with Gasteiger partial charge in [-0.1, -0.05) is 19.0 Å². The standard InChI is InChI=1S/C10H13N3OS/c1-3-6-5-7(9(11)15-6)10-12-8(4-2)13-14-10/h5H,3-4,11H2,1-2H3. The maximum Gasteiger partial charge on any atom is 0.260 e. The van der Waals surface area contributed by atoms with E-state index in [1.807, 2.05) is 13.0 Å². The average Bonchev–Trinajstić information content (AvgIpc) is 2.83. The minimum absolute atomic E-state index is 0.528. The van der Waals surface area contributed by atoms with Gasteiger partial charge in [0.2, 0.25) is 0 Å². The number of aryl methyl sites for hydroxylation is 2. The number of hydrogen-bond donors (Lipinski definition) is 1. The number of anilines is 1. The first-order valence-electron chi connectivity index (χ1n) is 4.95. The minimum Gasteiger partial charge on any atom is -0.390 e. The molecule has 2 N–H and O–H groups in total. The van der Waals surface area contributed by atoms with E-state index in [1.54, 1.807) is 11.3 Å². The third-order valence-electron chi connectivity index (χ3n) is 2.18. The molecule has 2 heterocycles. The molecule has 0 saturated carbocycles. The largest absolute Gasteiger partial charge is 0.390 e. The van der Waals surface area contributed by atoms with Crippen LogP contribution in [0.4, 0.5) is 5.00 Å². The van der Waals surface area contributed by atoms with Gasteiger partial charge >= 0.3 is 0 Å². The Hall–Kier alpha value is -1.36. The Morgan fingerprint density at radius 2 is 2.20 bits per heavy atom. The zero-order valence-corrected chi connectivity index (χ0v) is 9.60. The second kappa shape index (κ2) is 4.02. The van der Waals surface area contributed by atoms with E-state index in [4.69, 9.17) is 10.3 Å². The van der Waals surface area contributed by atoms with Gasteiger partial charge < -0.3 is 10.3 Å². The molecule has 0 amide bonds. The van der Waals surface area contributed by atoms with E-state index in [0.717, 1.165) is 23.4 Å². The fourth-order valence-corrected chi connectivity index (χ4v) is 2.17. The summed E-state index contributed by atoms with van der Waals surface area (Å²) in [7, 11) is 0. The molecule has 0 unspecified atom stereocenters. The Morgan fingerprint density at radius 1 is 1.40 bits per heavy atom. The number of nitrogen functional groups attached to an aromatic ring is 1. The first-order chi connectivity index (χ1) is 7.24. The molecule has 0 bridgehead atoms. The van der Waals surface area contributed by atoms with Crippen LogP contribution in [0.25, 0.3) is 11.5 Å². The molecule has 0 aliphatic heterocycles. The van der Waals surface area contributed by atoms with E-state index in [9.17, 15) is 0 Å². The molecule has 0 saturated heterocycles. The van der Waals surface area contributed by atoms with Crippen LogP contribution in [0.2, 0.25) is 0 Å². The quantitative estimate of drug-likeness (QED) is 0.868. The molecule has 2 aromatic rings. The van der Waals surface area contributed by atoms with Crippen LogP contribution in [-0.4, -0.2) is 10.1 Å². The molecule has 0 fully saturated rings. The van der Waals surface area contributed by atoms with Gasteiger partial charge in [0.05, 0.1) is 10.6 Å². The first kappa shape index (κ1) is 10.2. The van der Waals surface area contributed by atoms with Gasteiger partial charge in [0.25, 0.3) is 5.89 Å². The van der Waals surface area contributed by atoms with Gasteiger partial charge in [-0.05, 0) is 12.5 Å². The topological polar surface area (TPSA) is 64.9 Å². The second-order valence-corrected chi connectivity index (χ2v) is 4.38. The SMILES string of the molecule is CCc1noc(-c2cc(CC)sc2N)n1. The van der Waals surface area contributed by atoms with Crippen molar-refractivity contribution in [1.29, 1.82) is 0 Å². The number of aromatic nitrogens is 2. The highest BCUT2D eigenvalue weighted by Crippen LogP contribution is 2.33. The number of thiophene rings is 1. The van der Waals surface area contributed by atoms with E-state index in [2.05, 4.69) is 17.1 Å². The number of nitrogens with zero attached hydrogens (tertiary/aromatic N) is 2. The molecule has 4 nitrogen and oxygen atoms in total. The van der Waals surface area contributed by atoms with Crippen LogP contribution in [-0.2, 0) is 12.8 Å². The van der Waals surface area contributed by atoms with Crippen molar-refractivity contribution in [3.8, 4) is 11.5 Å². The lowest BCUT2D eigenvalue weighted by atomic mass is 10.2. The fourth-order valence-electron chi connectivity index (χ4n) is 1.31. The summed E-state index contributed by atoms with van der Waals surface area (Å²) >= 11 is 1.58. The van der Waals surface area contributed by atoms with Gasteiger partial charge in [0, 0.05) is 11.3 Å². The molecule has 0 aliphatic carbocycles. The van der Waals surface area contributed by atoms with Gasteiger partial charge in [-0.25, -0.2) is 0 Å². The highest BCUT2D eigenvalue weighted by molar-refractivity contribution is 7.16. The number of rotatable bonds is 3. The van der Waals surface area contributed by atoms with Crippen molar-refractivity contribution in [3.05, 3.63) is 16.8 Å². The molecule has 0 aliphatic rings. The summed E-state index contributed by atoms with van der Waals surface area (Å²) in [6.45, 7) is 4.09. The lowest BCUT2D eigenvalue weighted by Crippen LogP contribution is -1.84. The van der Waals surface area contributed by atoms with Crippen LogP contribution < -0.4 is 5.73 Å². The smallest absolute Gasteiger partial charge is 0.260 e. The van der Waals surface area contributed by atoms with Crippen LogP contribution in [0, 0.1) is 0 Å². The van der Waals surface area contributed by atoms with Crippen molar-refractivity contribution in [1.82, 2.24) is 10.1 Å². The summed E-state index contributed by atoms with van der Waals surface area (Å²) < 4.78 is 5.15. The van der Waals surface area contributed by atoms with Crippen molar-refractivity contribution in [2.45, 2.75) is 26.7 Å². The summed E-state index contributed by atoms with van der Waals surface area (Å²) in [6, 6.07) is 2.02. The van der Waals surface area contributed by atoms with Gasteiger partial charge in [-0.15, -0.1) is 11.3 Å². The number of nitrogens with two attached hydrogens (primary N) is 1. The summed E-state index contributed by atoms with van der Waals surface area (Å²) in [5, 5.41) is 4.60. The zero-order valence-electron chi connectivity index (χ0n) is 8.78. The zero-order chi connectivity index (χ0) is 10.8. The second-order valence-electron chi connectivity index (χ2n) is 3.21. The highest BCUT2D eigenvalue weighted by Gasteiger charge is 2.13. The summed E-state index contributed by atoms with van der Waals surface area (Å²) in [5.74, 6) is 1.24. The van der Waals surface area contributed by atoms with Crippen LogP contribution in [0.1, 0.15) is 24.5 Å². The van der Waals surface area contributed by atoms with Gasteiger partial charge in [0.1, 0.15) is 0 Å². The Balaban J connectivity index is 2.39. The van der Waals surface area contributed by atoms with Crippen molar-refractivity contribution in [3.63, 3.8) is 0 Å². The Labute approximate surface area is 92.1 Å². The molecule has 2 rings (SSSR count). The fraction of sp³-hybridized carbons (Fsp3) is 0.400. The molecule has 15 heavy (non-hydrogen) atoms. The molecule has 0 radical (unpaired) electrons. The third-order valence-corrected chi connectivity index (χ3v) is 3.28. The highest BCUT2D eigenvalue weighted by atomic mass is 32.1. The summed E-state index contributed by atoms with van der Waals surface area (Å²) in [4.78, 5) is 5.49. The molecular formula is C10H13N3OS. The van der Waals surface area contributed by atoms with Crippen molar-refractivity contribution < 1.29 is 4.52 Å². The molecule has 0 atom stereocenters. The average molecular weight is 223 g/mol. The first-order valence-corrected chi connectivity index (χ1v) is 5.77. The van der Waals surface area contributed by atoms with Crippen molar-refractivity contribution in [2.24, 2.45) is 0 Å². The van der Waals surface area contributed by atoms with Crippen LogP contribution in [0.3, 0.4) is 0 Å². The predicted molar refractivity (Wildman–Crippen MR) is 60.8 cm³/mol. The summed E-state index contributed by atoms with van der Waals surface area (Å²) in [5.41, 5.74) is 6.76. The van der Waals surface area contributed by atoms with Gasteiger partial charge in [-0.2, -0.15) is 4.98 Å². The van der Waals surface area contributed by atoms with Crippen molar-refractivity contribution >= 4 is 16.3 Å².